The lowest BCUT2D eigenvalue weighted by Crippen LogP contribution is -2.48. The van der Waals surface area contributed by atoms with E-state index in [0.29, 0.717) is 0 Å². The highest BCUT2D eigenvalue weighted by atomic mass is 31.2. The first-order chi connectivity index (χ1) is 16.4. The molecule has 16 heteroatoms. The van der Waals surface area contributed by atoms with E-state index >= 15 is 0 Å². The van der Waals surface area contributed by atoms with Crippen molar-refractivity contribution in [2.24, 2.45) is 0 Å². The molecule has 0 aromatic carbocycles. The number of aliphatic carboxylic acids is 1. The third kappa shape index (κ3) is 6.85. The molecule has 1 aliphatic rings. The van der Waals surface area contributed by atoms with E-state index in [0.717, 1.165) is 0 Å². The molecule has 1 saturated heterocycles. The van der Waals surface area contributed by atoms with E-state index in [4.69, 9.17) is 29.6 Å². The molecule has 0 aliphatic carbocycles. The smallest absolute Gasteiger partial charge is 0.403 e. The summed E-state index contributed by atoms with van der Waals surface area (Å²) >= 11 is 0. The van der Waals surface area contributed by atoms with E-state index < -0.39 is 43.8 Å². The molecule has 0 bridgehead atoms. The number of carboxylic acid groups (broad SMARTS) is 1. The Bertz CT molecular complexity index is 1140. The summed E-state index contributed by atoms with van der Waals surface area (Å²) in [5.41, 5.74) is 5.66. The summed E-state index contributed by atoms with van der Waals surface area (Å²) in [6.45, 7) is 6.70. The molecule has 1 aliphatic heterocycles. The highest BCUT2D eigenvalue weighted by molar-refractivity contribution is 7.50. The van der Waals surface area contributed by atoms with Crippen molar-refractivity contribution < 1.29 is 42.7 Å². The third-order valence-electron chi connectivity index (χ3n) is 4.99. The van der Waals surface area contributed by atoms with E-state index in [1.165, 1.54) is 6.33 Å². The minimum absolute atomic E-state index is 0.0845. The second kappa shape index (κ2) is 11.1. The Hall–Kier alpha value is -2.39. The number of nitrogens with one attached hydrogen (secondary N) is 3. The normalized spacial score (nSPS) is 24.4. The lowest BCUT2D eigenvalue weighted by atomic mass is 10.1. The lowest BCUT2D eigenvalue weighted by molar-refractivity contribution is -0.745. The predicted octanol–water partition coefficient (Wildman–Crippen LogP) is -0.213. The number of anilines is 1. The first-order valence-corrected chi connectivity index (χ1v) is 12.6. The van der Waals surface area contributed by atoms with Crippen LogP contribution in [0.2, 0.25) is 0 Å². The van der Waals surface area contributed by atoms with E-state index in [-0.39, 0.29) is 48.9 Å². The summed E-state index contributed by atoms with van der Waals surface area (Å²) in [6, 6.07) is 0. The molecule has 5 atom stereocenters. The summed E-state index contributed by atoms with van der Waals surface area (Å²) in [7, 11) is -4.32. The van der Waals surface area contributed by atoms with Gasteiger partial charge >= 0.3 is 19.4 Å². The van der Waals surface area contributed by atoms with Crippen LogP contribution in [0.25, 0.3) is 11.2 Å². The molecule has 0 saturated carbocycles. The van der Waals surface area contributed by atoms with Crippen LogP contribution in [0.15, 0.2) is 11.1 Å². The van der Waals surface area contributed by atoms with Crippen LogP contribution in [0.3, 0.4) is 0 Å². The number of hydrogen-bond donors (Lipinski definition) is 6. The van der Waals surface area contributed by atoms with Crippen molar-refractivity contribution in [3.63, 3.8) is 0 Å². The van der Waals surface area contributed by atoms with E-state index in [2.05, 4.69) is 20.0 Å². The fraction of sp³-hybridized carbons (Fsp3) is 0.684. The van der Waals surface area contributed by atoms with Crippen molar-refractivity contribution in [2.45, 2.75) is 70.9 Å². The molecular formula is C19H32N6O9P+. The third-order valence-corrected chi connectivity index (χ3v) is 6.12. The van der Waals surface area contributed by atoms with Crippen molar-refractivity contribution in [1.82, 2.24) is 20.0 Å². The van der Waals surface area contributed by atoms with E-state index in [1.54, 1.807) is 4.57 Å². The maximum atomic E-state index is 12.3. The van der Waals surface area contributed by atoms with Gasteiger partial charge in [-0.3, -0.25) is 24.1 Å². The van der Waals surface area contributed by atoms with E-state index in [9.17, 15) is 19.0 Å². The Morgan fingerprint density at radius 2 is 1.97 bits per heavy atom. The van der Waals surface area contributed by atoms with Crippen LogP contribution < -0.4 is 20.9 Å². The Kier molecular flexibility index (Phi) is 8.64. The molecule has 7 N–H and O–H groups in total. The van der Waals surface area contributed by atoms with Crippen molar-refractivity contribution in [3.8, 4) is 0 Å². The van der Waals surface area contributed by atoms with Gasteiger partial charge in [0.05, 0.1) is 25.2 Å². The predicted molar refractivity (Wildman–Crippen MR) is 121 cm³/mol. The number of imidazole rings is 1. The van der Waals surface area contributed by atoms with Crippen molar-refractivity contribution >= 4 is 30.8 Å². The molecule has 15 nitrogen and oxygen atoms in total. The molecule has 2 unspecified atom stereocenters. The number of H-pyrrole nitrogens is 2. The highest BCUT2D eigenvalue weighted by Gasteiger charge is 2.51. The molecule has 35 heavy (non-hydrogen) atoms. The van der Waals surface area contributed by atoms with Gasteiger partial charge in [-0.05, 0) is 27.7 Å². The molecule has 2 aromatic rings. The summed E-state index contributed by atoms with van der Waals surface area (Å²) in [5.74, 6) is -1.21. The maximum absolute atomic E-state index is 12.3. The Labute approximate surface area is 200 Å². The van der Waals surface area contributed by atoms with Gasteiger partial charge in [0.1, 0.15) is 18.3 Å². The number of nitrogens with zero attached hydrogens (tertiary/aromatic N) is 2. The molecule has 0 amide bonds. The van der Waals surface area contributed by atoms with E-state index in [1.807, 2.05) is 27.7 Å². The first kappa shape index (κ1) is 27.2. The van der Waals surface area contributed by atoms with Gasteiger partial charge in [0.15, 0.2) is 6.33 Å². The van der Waals surface area contributed by atoms with Crippen LogP contribution >= 0.6 is 7.75 Å². The molecular weight excluding hydrogens is 487 g/mol. The molecule has 3 rings (SSSR count). The standard InChI is InChI=1S/C19H31N6O9P/c1-9(2)32-14-11(7-31-35(29,30)22-6-5-12(26)27)34-18(15(14)33-10(3)4)25-8-21-13-16(25)23-19(20)24-17(13)28/h8-11,14-15,18H,5-7H2,1-4H3,(H6,20,22,23,24,26,27,28,29,30)/p+1/t11-,14+,15?,18-/m1/s1. The van der Waals surface area contributed by atoms with Gasteiger partial charge in [-0.15, -0.1) is 0 Å². The summed E-state index contributed by atoms with van der Waals surface area (Å²) in [6.07, 6.45) is -2.49. The van der Waals surface area contributed by atoms with Crippen LogP contribution in [-0.2, 0) is 28.1 Å². The summed E-state index contributed by atoms with van der Waals surface area (Å²) in [5, 5.41) is 10.9. The van der Waals surface area contributed by atoms with Crippen molar-refractivity contribution in [2.75, 3.05) is 18.9 Å². The topological polar surface area (TPSA) is 215 Å². The Balaban J connectivity index is 1.90. The summed E-state index contributed by atoms with van der Waals surface area (Å²) < 4.78 is 37.4. The van der Waals surface area contributed by atoms with Crippen LogP contribution in [0.4, 0.5) is 5.95 Å². The number of aromatic nitrogens is 4. The number of carbonyl (C=O) groups is 1. The number of nitrogen functional groups attached to an aromatic ring is 1. The fourth-order valence-electron chi connectivity index (χ4n) is 3.71. The van der Waals surface area contributed by atoms with Crippen LogP contribution in [0.1, 0.15) is 40.3 Å². The largest absolute Gasteiger partial charge is 0.481 e. The lowest BCUT2D eigenvalue weighted by Gasteiger charge is -2.27. The molecule has 196 valence electrons. The van der Waals surface area contributed by atoms with Gasteiger partial charge in [0.2, 0.25) is 11.7 Å². The van der Waals surface area contributed by atoms with Crippen LogP contribution in [-0.4, -0.2) is 74.6 Å². The van der Waals surface area contributed by atoms with Gasteiger partial charge < -0.3 is 29.9 Å². The zero-order chi connectivity index (χ0) is 25.9. The zero-order valence-corrected chi connectivity index (χ0v) is 20.7. The second-order valence-corrected chi connectivity index (χ2v) is 10.2. The number of carboxylic acids is 1. The van der Waals surface area contributed by atoms with Crippen molar-refractivity contribution in [3.05, 3.63) is 16.7 Å². The minimum atomic E-state index is -4.32. The Morgan fingerprint density at radius 1 is 1.31 bits per heavy atom. The fourth-order valence-corrected chi connectivity index (χ4v) is 4.55. The van der Waals surface area contributed by atoms with Gasteiger partial charge in [-0.2, -0.15) is 0 Å². The number of ether oxygens (including phenoxy) is 3. The Morgan fingerprint density at radius 3 is 2.60 bits per heavy atom. The number of fused-ring (bicyclic) bond motifs is 1. The number of hydrogen-bond acceptors (Lipinski definition) is 9. The van der Waals surface area contributed by atoms with Gasteiger partial charge in [0, 0.05) is 6.54 Å². The number of aromatic amines is 2. The number of nitrogens with two attached hydrogens (primary N) is 1. The molecule has 2 aromatic heterocycles. The summed E-state index contributed by atoms with van der Waals surface area (Å²) in [4.78, 5) is 42.4. The van der Waals surface area contributed by atoms with Gasteiger partial charge in [-0.25, -0.2) is 14.2 Å². The first-order valence-electron chi connectivity index (χ1n) is 11.1. The molecule has 0 spiro atoms. The molecule has 0 radical (unpaired) electrons. The quantitative estimate of drug-likeness (QED) is 0.159. The monoisotopic (exact) mass is 519 g/mol. The SMILES string of the molecule is CC(C)OC1[C@@H](OC(C)C)[C@@H](COP(=O)(O)NCCC(=O)O)O[C@H]1[n+]1c[nH]c2c(=O)[nH]c(N)nc21. The second-order valence-electron chi connectivity index (χ2n) is 8.56. The van der Waals surface area contributed by atoms with Gasteiger partial charge in [0.25, 0.3) is 11.5 Å². The molecule has 3 heterocycles. The van der Waals surface area contributed by atoms with Crippen LogP contribution in [0.5, 0.6) is 0 Å². The minimum Gasteiger partial charge on any atom is -0.481 e. The molecule has 1 fully saturated rings. The maximum Gasteiger partial charge on any atom is 0.403 e. The van der Waals surface area contributed by atoms with Crippen molar-refractivity contribution in [1.29, 1.82) is 0 Å². The average molecular weight is 519 g/mol. The average Bonchev–Trinajstić information content (AvgIpc) is 3.27. The highest BCUT2D eigenvalue weighted by Crippen LogP contribution is 2.40. The van der Waals surface area contributed by atoms with Gasteiger partial charge in [-0.1, -0.05) is 4.98 Å². The van der Waals surface area contributed by atoms with Crippen LogP contribution in [0, 0.1) is 0 Å². The number of rotatable bonds is 12. The zero-order valence-electron chi connectivity index (χ0n) is 19.8.